The molecule has 1 aliphatic rings. The van der Waals surface area contributed by atoms with Crippen molar-refractivity contribution in [3.8, 4) is 11.5 Å². The molecule has 25 heavy (non-hydrogen) atoms. The van der Waals surface area contributed by atoms with Gasteiger partial charge in [0, 0.05) is 24.7 Å². The lowest BCUT2D eigenvalue weighted by Crippen LogP contribution is -2.37. The molecule has 0 saturated carbocycles. The lowest BCUT2D eigenvalue weighted by Gasteiger charge is -2.20. The number of nitrogens with one attached hydrogen (secondary N) is 2. The van der Waals surface area contributed by atoms with Crippen molar-refractivity contribution in [1.29, 1.82) is 0 Å². The van der Waals surface area contributed by atoms with Gasteiger partial charge in [0.2, 0.25) is 0 Å². The summed E-state index contributed by atoms with van der Waals surface area (Å²) in [5.41, 5.74) is 1.09. The summed E-state index contributed by atoms with van der Waals surface area (Å²) in [6.07, 6.45) is 2.68. The molecule has 1 aromatic heterocycles. The van der Waals surface area contributed by atoms with E-state index in [4.69, 9.17) is 21.1 Å². The van der Waals surface area contributed by atoms with Gasteiger partial charge in [-0.3, -0.25) is 4.99 Å². The maximum absolute atomic E-state index is 6.27. The standard InChI is InChI=1S/C17H21ClN4O2S/c1-11-9-21-15(25-11)10-22-17(19-2)20-4-3-12-7-13(18)16-14(8-12)23-5-6-24-16/h7-9H,3-6,10H2,1-2H3,(H2,19,20,22). The largest absolute Gasteiger partial charge is 0.486 e. The number of hydrogen-bond acceptors (Lipinski definition) is 5. The van der Waals surface area contributed by atoms with Crippen LogP contribution >= 0.6 is 22.9 Å². The monoisotopic (exact) mass is 380 g/mol. The molecule has 0 atom stereocenters. The highest BCUT2D eigenvalue weighted by atomic mass is 35.5. The number of fused-ring (bicyclic) bond motifs is 1. The molecular weight excluding hydrogens is 360 g/mol. The average molecular weight is 381 g/mol. The van der Waals surface area contributed by atoms with Crippen LogP contribution in [0.2, 0.25) is 5.02 Å². The Morgan fingerprint density at radius 3 is 2.92 bits per heavy atom. The predicted molar refractivity (Wildman–Crippen MR) is 101 cm³/mol. The van der Waals surface area contributed by atoms with Crippen LogP contribution in [0.3, 0.4) is 0 Å². The van der Waals surface area contributed by atoms with Crippen molar-refractivity contribution in [1.82, 2.24) is 15.6 Å². The molecule has 0 unspecified atom stereocenters. The topological polar surface area (TPSA) is 67.8 Å². The molecule has 0 saturated heterocycles. The summed E-state index contributed by atoms with van der Waals surface area (Å²) in [6.45, 7) is 4.53. The van der Waals surface area contributed by atoms with Gasteiger partial charge >= 0.3 is 0 Å². The molecule has 0 fully saturated rings. The molecule has 8 heteroatoms. The van der Waals surface area contributed by atoms with E-state index in [0.717, 1.165) is 35.2 Å². The molecule has 134 valence electrons. The second kappa shape index (κ2) is 8.40. The van der Waals surface area contributed by atoms with Gasteiger partial charge in [-0.25, -0.2) is 4.98 Å². The van der Waals surface area contributed by atoms with Gasteiger partial charge in [0.1, 0.15) is 18.2 Å². The Kier molecular flexibility index (Phi) is 5.99. The Morgan fingerprint density at radius 2 is 2.16 bits per heavy atom. The molecule has 3 rings (SSSR count). The number of hydrogen-bond donors (Lipinski definition) is 2. The Hall–Kier alpha value is -1.99. The van der Waals surface area contributed by atoms with Crippen LogP contribution in [0.15, 0.2) is 23.3 Å². The van der Waals surface area contributed by atoms with Crippen molar-refractivity contribution in [3.63, 3.8) is 0 Å². The van der Waals surface area contributed by atoms with E-state index in [-0.39, 0.29) is 0 Å². The van der Waals surface area contributed by atoms with E-state index in [2.05, 4.69) is 20.6 Å². The normalized spacial score (nSPS) is 13.6. The molecule has 6 nitrogen and oxygen atoms in total. The van der Waals surface area contributed by atoms with Crippen LogP contribution in [0, 0.1) is 6.92 Å². The van der Waals surface area contributed by atoms with Crippen molar-refractivity contribution in [2.75, 3.05) is 26.8 Å². The molecule has 1 aliphatic heterocycles. The third-order valence-electron chi connectivity index (χ3n) is 3.66. The molecule has 2 heterocycles. The van der Waals surface area contributed by atoms with Crippen LogP contribution < -0.4 is 20.1 Å². The zero-order chi connectivity index (χ0) is 17.6. The van der Waals surface area contributed by atoms with Crippen molar-refractivity contribution < 1.29 is 9.47 Å². The fourth-order valence-electron chi connectivity index (χ4n) is 2.50. The fourth-order valence-corrected chi connectivity index (χ4v) is 3.51. The first-order valence-electron chi connectivity index (χ1n) is 8.09. The zero-order valence-corrected chi connectivity index (χ0v) is 15.8. The summed E-state index contributed by atoms with van der Waals surface area (Å²) >= 11 is 7.95. The van der Waals surface area contributed by atoms with E-state index < -0.39 is 0 Å². The minimum absolute atomic E-state index is 0.536. The maximum Gasteiger partial charge on any atom is 0.191 e. The maximum atomic E-state index is 6.27. The number of ether oxygens (including phenoxy) is 2. The van der Waals surface area contributed by atoms with Gasteiger partial charge in [0.05, 0.1) is 11.6 Å². The van der Waals surface area contributed by atoms with E-state index in [0.29, 0.717) is 30.5 Å². The Bertz CT molecular complexity index is 763. The average Bonchev–Trinajstić information content (AvgIpc) is 3.03. The molecule has 0 amide bonds. The number of aryl methyl sites for hydroxylation is 1. The van der Waals surface area contributed by atoms with E-state index in [9.17, 15) is 0 Å². The second-order valence-corrected chi connectivity index (χ2v) is 7.30. The molecule has 0 spiro atoms. The quantitative estimate of drug-likeness (QED) is 0.616. The third-order valence-corrected chi connectivity index (χ3v) is 4.86. The summed E-state index contributed by atoms with van der Waals surface area (Å²) in [7, 11) is 1.75. The predicted octanol–water partition coefficient (Wildman–Crippen LogP) is 2.78. The number of nitrogens with zero attached hydrogens (tertiary/aromatic N) is 2. The van der Waals surface area contributed by atoms with E-state index >= 15 is 0 Å². The second-order valence-electron chi connectivity index (χ2n) is 5.57. The van der Waals surface area contributed by atoms with Crippen LogP contribution in [-0.4, -0.2) is 37.7 Å². The smallest absolute Gasteiger partial charge is 0.191 e. The minimum Gasteiger partial charge on any atom is -0.486 e. The number of aliphatic imine (C=N–C) groups is 1. The summed E-state index contributed by atoms with van der Waals surface area (Å²) < 4.78 is 11.1. The van der Waals surface area contributed by atoms with Crippen molar-refractivity contribution in [2.45, 2.75) is 19.9 Å². The first-order valence-corrected chi connectivity index (χ1v) is 9.29. The highest BCUT2D eigenvalue weighted by molar-refractivity contribution is 7.11. The van der Waals surface area contributed by atoms with Crippen molar-refractivity contribution in [3.05, 3.63) is 38.8 Å². The van der Waals surface area contributed by atoms with Crippen molar-refractivity contribution in [2.24, 2.45) is 4.99 Å². The number of halogens is 1. The Balaban J connectivity index is 1.50. The molecular formula is C17H21ClN4O2S. The lowest BCUT2D eigenvalue weighted by atomic mass is 10.1. The Morgan fingerprint density at radius 1 is 1.32 bits per heavy atom. The van der Waals surface area contributed by atoms with Crippen LogP contribution in [0.4, 0.5) is 0 Å². The van der Waals surface area contributed by atoms with Crippen LogP contribution in [-0.2, 0) is 13.0 Å². The van der Waals surface area contributed by atoms with Crippen molar-refractivity contribution >= 4 is 28.9 Å². The van der Waals surface area contributed by atoms with Crippen LogP contribution in [0.5, 0.6) is 11.5 Å². The highest BCUT2D eigenvalue weighted by Gasteiger charge is 2.16. The molecule has 0 aliphatic carbocycles. The number of benzene rings is 1. The lowest BCUT2D eigenvalue weighted by molar-refractivity contribution is 0.171. The highest BCUT2D eigenvalue weighted by Crippen LogP contribution is 2.38. The van der Waals surface area contributed by atoms with Crippen LogP contribution in [0.25, 0.3) is 0 Å². The zero-order valence-electron chi connectivity index (χ0n) is 14.3. The molecule has 2 aromatic rings. The first-order chi connectivity index (χ1) is 12.2. The number of thiazole rings is 1. The summed E-state index contributed by atoms with van der Waals surface area (Å²) in [5, 5.41) is 8.19. The van der Waals surface area contributed by atoms with Gasteiger partial charge in [-0.2, -0.15) is 0 Å². The molecule has 0 bridgehead atoms. The summed E-state index contributed by atoms with van der Waals surface area (Å²) in [6, 6.07) is 3.90. The van der Waals surface area contributed by atoms with Crippen LogP contribution in [0.1, 0.15) is 15.4 Å². The molecule has 2 N–H and O–H groups in total. The molecule has 1 aromatic carbocycles. The molecule has 0 radical (unpaired) electrons. The summed E-state index contributed by atoms with van der Waals surface area (Å²) in [4.78, 5) is 9.77. The summed E-state index contributed by atoms with van der Waals surface area (Å²) in [5.74, 6) is 2.10. The number of aromatic nitrogens is 1. The van der Waals surface area contributed by atoms with Gasteiger partial charge in [-0.05, 0) is 31.0 Å². The fraction of sp³-hybridized carbons (Fsp3) is 0.412. The Labute approximate surface area is 156 Å². The number of guanidine groups is 1. The SMILES string of the molecule is CN=C(NCCc1cc(Cl)c2c(c1)OCCO2)NCc1ncc(C)s1. The van der Waals surface area contributed by atoms with E-state index in [1.165, 1.54) is 4.88 Å². The van der Waals surface area contributed by atoms with Gasteiger partial charge in [-0.1, -0.05) is 11.6 Å². The van der Waals surface area contributed by atoms with E-state index in [1.54, 1.807) is 18.4 Å². The van der Waals surface area contributed by atoms with Gasteiger partial charge < -0.3 is 20.1 Å². The third kappa shape index (κ3) is 4.76. The minimum atomic E-state index is 0.536. The van der Waals surface area contributed by atoms with Gasteiger partial charge in [-0.15, -0.1) is 11.3 Å². The van der Waals surface area contributed by atoms with Gasteiger partial charge in [0.25, 0.3) is 0 Å². The van der Waals surface area contributed by atoms with E-state index in [1.807, 2.05) is 25.3 Å². The first kappa shape index (κ1) is 17.8. The number of rotatable bonds is 5. The van der Waals surface area contributed by atoms with Gasteiger partial charge in [0.15, 0.2) is 17.5 Å².